The van der Waals surface area contributed by atoms with Gasteiger partial charge in [-0.15, -0.1) is 0 Å². The van der Waals surface area contributed by atoms with E-state index in [1.807, 2.05) is 6.07 Å². The van der Waals surface area contributed by atoms with Crippen LogP contribution in [-0.4, -0.2) is 11.0 Å². The number of ether oxygens (including phenoxy) is 1. The SMILES string of the molecule is CCC(C)c1ccc2[nH]cc(OC(C)=O)c2c1. The van der Waals surface area contributed by atoms with E-state index in [9.17, 15) is 4.79 Å². The number of carbonyl (C=O) groups is 1. The number of carbonyl (C=O) groups excluding carboxylic acids is 1. The van der Waals surface area contributed by atoms with E-state index < -0.39 is 0 Å². The predicted molar refractivity (Wildman–Crippen MR) is 68.3 cm³/mol. The van der Waals surface area contributed by atoms with Crippen molar-refractivity contribution in [2.24, 2.45) is 0 Å². The van der Waals surface area contributed by atoms with Crippen LogP contribution < -0.4 is 4.74 Å². The van der Waals surface area contributed by atoms with Crippen molar-refractivity contribution < 1.29 is 9.53 Å². The number of aromatic amines is 1. The van der Waals surface area contributed by atoms with E-state index in [2.05, 4.69) is 31.0 Å². The minimum Gasteiger partial charge on any atom is -0.424 e. The average Bonchev–Trinajstić information content (AvgIpc) is 2.70. The van der Waals surface area contributed by atoms with Crippen molar-refractivity contribution in [3.8, 4) is 5.75 Å². The minimum absolute atomic E-state index is 0.292. The third-order valence-corrected chi connectivity index (χ3v) is 3.10. The molecule has 0 saturated heterocycles. The van der Waals surface area contributed by atoms with Crippen LogP contribution in [-0.2, 0) is 4.79 Å². The van der Waals surface area contributed by atoms with E-state index >= 15 is 0 Å². The number of rotatable bonds is 3. The number of esters is 1. The molecule has 90 valence electrons. The molecule has 0 saturated carbocycles. The zero-order valence-electron chi connectivity index (χ0n) is 10.4. The van der Waals surface area contributed by atoms with Gasteiger partial charge < -0.3 is 9.72 Å². The van der Waals surface area contributed by atoms with Gasteiger partial charge in [-0.05, 0) is 30.0 Å². The summed E-state index contributed by atoms with van der Waals surface area (Å²) >= 11 is 0. The van der Waals surface area contributed by atoms with Gasteiger partial charge in [0.1, 0.15) is 0 Å². The standard InChI is InChI=1S/C14H17NO2/c1-4-9(2)11-5-6-13-12(7-11)14(8-15-13)17-10(3)16/h5-9,15H,4H2,1-3H3. The van der Waals surface area contributed by atoms with Crippen LogP contribution in [0.2, 0.25) is 0 Å². The lowest BCUT2D eigenvalue weighted by Gasteiger charge is -2.09. The molecule has 3 heteroatoms. The molecule has 0 amide bonds. The first-order valence-electron chi connectivity index (χ1n) is 5.91. The van der Waals surface area contributed by atoms with Gasteiger partial charge in [-0.2, -0.15) is 0 Å². The van der Waals surface area contributed by atoms with E-state index in [-0.39, 0.29) is 5.97 Å². The van der Waals surface area contributed by atoms with E-state index in [1.54, 1.807) is 6.20 Å². The number of nitrogens with one attached hydrogen (secondary N) is 1. The monoisotopic (exact) mass is 231 g/mol. The summed E-state index contributed by atoms with van der Waals surface area (Å²) in [5.41, 5.74) is 2.27. The van der Waals surface area contributed by atoms with Crippen LogP contribution >= 0.6 is 0 Å². The molecule has 3 nitrogen and oxygen atoms in total. The highest BCUT2D eigenvalue weighted by atomic mass is 16.5. The smallest absolute Gasteiger partial charge is 0.308 e. The van der Waals surface area contributed by atoms with Crippen molar-refractivity contribution in [3.05, 3.63) is 30.0 Å². The molecule has 0 aliphatic carbocycles. The molecule has 0 spiro atoms. The molecule has 1 N–H and O–H groups in total. The molecule has 0 bridgehead atoms. The van der Waals surface area contributed by atoms with Crippen LogP contribution in [0.1, 0.15) is 38.7 Å². The molecule has 1 atom stereocenters. The van der Waals surface area contributed by atoms with Gasteiger partial charge in [-0.1, -0.05) is 19.9 Å². The maximum absolute atomic E-state index is 11.0. The van der Waals surface area contributed by atoms with Crippen LogP contribution in [0.4, 0.5) is 0 Å². The summed E-state index contributed by atoms with van der Waals surface area (Å²) in [5, 5.41) is 0.970. The normalized spacial score (nSPS) is 12.6. The van der Waals surface area contributed by atoms with Crippen molar-refractivity contribution in [1.29, 1.82) is 0 Å². The molecule has 17 heavy (non-hydrogen) atoms. The first kappa shape index (κ1) is 11.7. The van der Waals surface area contributed by atoms with Crippen molar-refractivity contribution in [1.82, 2.24) is 4.98 Å². The lowest BCUT2D eigenvalue weighted by molar-refractivity contribution is -0.131. The van der Waals surface area contributed by atoms with E-state index in [4.69, 9.17) is 4.74 Å². The average molecular weight is 231 g/mol. The Hall–Kier alpha value is -1.77. The fourth-order valence-corrected chi connectivity index (χ4v) is 1.89. The maximum Gasteiger partial charge on any atom is 0.308 e. The molecule has 1 aromatic heterocycles. The first-order chi connectivity index (χ1) is 8.11. The summed E-state index contributed by atoms with van der Waals surface area (Å²) in [4.78, 5) is 14.1. The first-order valence-corrected chi connectivity index (χ1v) is 5.91. The summed E-state index contributed by atoms with van der Waals surface area (Å²) in [5.74, 6) is 0.831. The molecule has 1 aromatic carbocycles. The van der Waals surface area contributed by atoms with Crippen LogP contribution in [0.3, 0.4) is 0 Å². The van der Waals surface area contributed by atoms with Crippen molar-refractivity contribution in [2.45, 2.75) is 33.1 Å². The fourth-order valence-electron chi connectivity index (χ4n) is 1.89. The van der Waals surface area contributed by atoms with Gasteiger partial charge in [0, 0.05) is 24.0 Å². The quantitative estimate of drug-likeness (QED) is 0.820. The molecular weight excluding hydrogens is 214 g/mol. The van der Waals surface area contributed by atoms with Crippen molar-refractivity contribution >= 4 is 16.9 Å². The summed E-state index contributed by atoms with van der Waals surface area (Å²) < 4.78 is 5.17. The lowest BCUT2D eigenvalue weighted by atomic mass is 9.97. The number of aromatic nitrogens is 1. The fraction of sp³-hybridized carbons (Fsp3) is 0.357. The Morgan fingerprint density at radius 1 is 1.47 bits per heavy atom. The highest BCUT2D eigenvalue weighted by molar-refractivity contribution is 5.89. The van der Waals surface area contributed by atoms with Crippen LogP contribution in [0, 0.1) is 0 Å². The second-order valence-electron chi connectivity index (χ2n) is 4.36. The van der Waals surface area contributed by atoms with Gasteiger partial charge in [-0.3, -0.25) is 4.79 Å². The second kappa shape index (κ2) is 4.62. The van der Waals surface area contributed by atoms with Gasteiger partial charge in [-0.25, -0.2) is 0 Å². The van der Waals surface area contributed by atoms with Crippen molar-refractivity contribution in [2.75, 3.05) is 0 Å². The Morgan fingerprint density at radius 2 is 2.24 bits per heavy atom. The second-order valence-corrected chi connectivity index (χ2v) is 4.36. The number of hydrogen-bond acceptors (Lipinski definition) is 2. The largest absolute Gasteiger partial charge is 0.424 e. The minimum atomic E-state index is -0.292. The highest BCUT2D eigenvalue weighted by Crippen LogP contribution is 2.29. The Kier molecular flexibility index (Phi) is 3.18. The van der Waals surface area contributed by atoms with E-state index in [0.717, 1.165) is 17.3 Å². The predicted octanol–water partition coefficient (Wildman–Crippen LogP) is 3.61. The van der Waals surface area contributed by atoms with Crippen LogP contribution in [0.25, 0.3) is 10.9 Å². The van der Waals surface area contributed by atoms with Gasteiger partial charge in [0.15, 0.2) is 5.75 Å². The summed E-state index contributed by atoms with van der Waals surface area (Å²) in [6.07, 6.45) is 2.82. The number of hydrogen-bond donors (Lipinski definition) is 1. The topological polar surface area (TPSA) is 42.1 Å². The summed E-state index contributed by atoms with van der Waals surface area (Å²) in [6.45, 7) is 5.77. The Labute approximate surface area is 101 Å². The van der Waals surface area contributed by atoms with E-state index in [0.29, 0.717) is 11.7 Å². The lowest BCUT2D eigenvalue weighted by Crippen LogP contribution is -2.00. The molecule has 0 radical (unpaired) electrons. The summed E-state index contributed by atoms with van der Waals surface area (Å²) in [7, 11) is 0. The number of H-pyrrole nitrogens is 1. The highest BCUT2D eigenvalue weighted by Gasteiger charge is 2.10. The zero-order chi connectivity index (χ0) is 12.4. The number of fused-ring (bicyclic) bond motifs is 1. The molecule has 2 rings (SSSR count). The Morgan fingerprint density at radius 3 is 2.88 bits per heavy atom. The van der Waals surface area contributed by atoms with E-state index in [1.165, 1.54) is 12.5 Å². The Balaban J connectivity index is 2.46. The molecule has 1 unspecified atom stereocenters. The summed E-state index contributed by atoms with van der Waals surface area (Å²) in [6, 6.07) is 6.24. The van der Waals surface area contributed by atoms with Crippen LogP contribution in [0.5, 0.6) is 5.75 Å². The number of benzene rings is 1. The molecule has 0 aliphatic heterocycles. The third-order valence-electron chi connectivity index (χ3n) is 3.10. The molecular formula is C14H17NO2. The van der Waals surface area contributed by atoms with Crippen LogP contribution in [0.15, 0.2) is 24.4 Å². The maximum atomic E-state index is 11.0. The van der Waals surface area contributed by atoms with Gasteiger partial charge >= 0.3 is 5.97 Å². The Bertz CT molecular complexity index is 542. The zero-order valence-corrected chi connectivity index (χ0v) is 10.4. The van der Waals surface area contributed by atoms with Gasteiger partial charge in [0.25, 0.3) is 0 Å². The molecule has 0 aliphatic rings. The third kappa shape index (κ3) is 2.33. The molecule has 2 aromatic rings. The van der Waals surface area contributed by atoms with Crippen molar-refractivity contribution in [3.63, 3.8) is 0 Å². The van der Waals surface area contributed by atoms with Gasteiger partial charge in [0.2, 0.25) is 0 Å². The molecule has 1 heterocycles. The molecule has 0 fully saturated rings. The van der Waals surface area contributed by atoms with Gasteiger partial charge in [0.05, 0.1) is 0 Å².